The molecule has 1 spiro atoms. The molecule has 0 unspecified atom stereocenters. The molecule has 2 amide bonds. The number of hydrogen-bond acceptors (Lipinski definition) is 5. The molecule has 2 aliphatic rings. The number of likely N-dealkylation sites (tertiary alicyclic amines) is 1. The van der Waals surface area contributed by atoms with E-state index in [0.29, 0.717) is 31.5 Å². The Morgan fingerprint density at radius 1 is 1.32 bits per heavy atom. The van der Waals surface area contributed by atoms with Crippen molar-refractivity contribution in [3.63, 3.8) is 0 Å². The number of rotatable bonds is 2. The highest BCUT2D eigenvalue weighted by molar-refractivity contribution is 7.90. The highest BCUT2D eigenvalue weighted by Gasteiger charge is 2.50. The lowest BCUT2D eigenvalue weighted by molar-refractivity contribution is -0.147. The maximum absolute atomic E-state index is 12.8. The molecule has 0 aromatic heterocycles. The van der Waals surface area contributed by atoms with Gasteiger partial charge in [-0.3, -0.25) is 9.59 Å². The molecule has 136 valence electrons. The molecule has 1 aromatic rings. The van der Waals surface area contributed by atoms with Gasteiger partial charge in [0.05, 0.1) is 16.4 Å². The van der Waals surface area contributed by atoms with Crippen molar-refractivity contribution in [1.29, 1.82) is 0 Å². The molecule has 2 heterocycles. The Kier molecular flexibility index (Phi) is 4.59. The van der Waals surface area contributed by atoms with E-state index < -0.39 is 21.4 Å². The number of carbonyl (C=O) groups excluding carboxylic acids is 2. The number of sulfone groups is 1. The van der Waals surface area contributed by atoms with Gasteiger partial charge < -0.3 is 15.3 Å². The molecule has 2 fully saturated rings. The number of nitrogens with one attached hydrogen (secondary N) is 1. The molecule has 7 nitrogen and oxygen atoms in total. The van der Waals surface area contributed by atoms with E-state index in [0.717, 1.165) is 12.7 Å². The molecule has 0 bridgehead atoms. The third-order valence-corrected chi connectivity index (χ3v) is 6.27. The van der Waals surface area contributed by atoms with Crippen LogP contribution in [0.25, 0.3) is 0 Å². The summed E-state index contributed by atoms with van der Waals surface area (Å²) in [5.74, 6) is -0.458. The molecule has 25 heavy (non-hydrogen) atoms. The van der Waals surface area contributed by atoms with Crippen LogP contribution in [0, 0.1) is 5.41 Å². The maximum atomic E-state index is 12.8. The zero-order chi connectivity index (χ0) is 18.2. The number of amides is 2. The van der Waals surface area contributed by atoms with E-state index in [2.05, 4.69) is 5.32 Å². The van der Waals surface area contributed by atoms with Gasteiger partial charge in [0.2, 0.25) is 5.91 Å². The second-order valence-corrected chi connectivity index (χ2v) is 8.86. The third kappa shape index (κ3) is 3.28. The van der Waals surface area contributed by atoms with Crippen molar-refractivity contribution in [1.82, 2.24) is 10.2 Å². The first-order valence-corrected chi connectivity index (χ1v) is 10.2. The quantitative estimate of drug-likeness (QED) is 0.778. The van der Waals surface area contributed by atoms with Crippen molar-refractivity contribution in [2.24, 2.45) is 5.41 Å². The first kappa shape index (κ1) is 17.9. The van der Waals surface area contributed by atoms with Gasteiger partial charge in [0, 0.05) is 31.5 Å². The van der Waals surface area contributed by atoms with E-state index in [1.165, 1.54) is 24.3 Å². The Labute approximate surface area is 146 Å². The summed E-state index contributed by atoms with van der Waals surface area (Å²) in [7, 11) is -3.32. The lowest BCUT2D eigenvalue weighted by Gasteiger charge is -2.46. The summed E-state index contributed by atoms with van der Waals surface area (Å²) in [4.78, 5) is 26.9. The fourth-order valence-electron chi connectivity index (χ4n) is 3.64. The van der Waals surface area contributed by atoms with Crippen molar-refractivity contribution < 1.29 is 23.1 Å². The molecule has 2 N–H and O–H groups in total. The summed E-state index contributed by atoms with van der Waals surface area (Å²) in [6.07, 6.45) is 2.02. The van der Waals surface area contributed by atoms with Crippen molar-refractivity contribution >= 4 is 21.7 Å². The minimum atomic E-state index is -3.32. The molecule has 0 radical (unpaired) electrons. The monoisotopic (exact) mass is 366 g/mol. The van der Waals surface area contributed by atoms with Crippen LogP contribution in [0.1, 0.15) is 29.6 Å². The Morgan fingerprint density at radius 2 is 2.00 bits per heavy atom. The first-order valence-electron chi connectivity index (χ1n) is 8.30. The number of aliphatic hydroxyl groups excluding tert-OH is 1. The number of piperidine rings is 2. The lowest BCUT2D eigenvalue weighted by Crippen LogP contribution is -2.62. The van der Waals surface area contributed by atoms with E-state index in [-0.39, 0.29) is 23.3 Å². The van der Waals surface area contributed by atoms with Crippen LogP contribution in [-0.2, 0) is 14.6 Å². The average molecular weight is 366 g/mol. The highest BCUT2D eigenvalue weighted by Crippen LogP contribution is 2.37. The predicted molar refractivity (Wildman–Crippen MR) is 90.8 cm³/mol. The average Bonchev–Trinajstić information content (AvgIpc) is 2.58. The second kappa shape index (κ2) is 6.42. The normalized spacial score (nSPS) is 27.2. The van der Waals surface area contributed by atoms with Gasteiger partial charge >= 0.3 is 0 Å². The largest absolute Gasteiger partial charge is 0.392 e. The van der Waals surface area contributed by atoms with Gasteiger partial charge in [-0.1, -0.05) is 0 Å². The zero-order valence-electron chi connectivity index (χ0n) is 14.1. The Hall–Kier alpha value is -1.93. The number of nitrogens with zero attached hydrogens (tertiary/aromatic N) is 1. The lowest BCUT2D eigenvalue weighted by atomic mass is 9.71. The molecule has 0 saturated carbocycles. The number of carbonyl (C=O) groups is 2. The van der Waals surface area contributed by atoms with Crippen LogP contribution >= 0.6 is 0 Å². The van der Waals surface area contributed by atoms with Crippen LogP contribution in [-0.4, -0.2) is 62.2 Å². The Morgan fingerprint density at radius 3 is 2.60 bits per heavy atom. The van der Waals surface area contributed by atoms with E-state index in [4.69, 9.17) is 0 Å². The summed E-state index contributed by atoms with van der Waals surface area (Å²) in [6, 6.07) is 5.78. The molecule has 2 aliphatic heterocycles. The Balaban J connectivity index is 1.82. The SMILES string of the molecule is CS(=O)(=O)c1ccc(C(=O)N2CC[C@H](O)[C@@]3(CCCNC3=O)C2)cc1. The molecular formula is C17H22N2O5S. The Bertz CT molecular complexity index is 790. The molecule has 2 atom stereocenters. The smallest absolute Gasteiger partial charge is 0.253 e. The summed E-state index contributed by atoms with van der Waals surface area (Å²) < 4.78 is 23.0. The molecule has 3 rings (SSSR count). The topological polar surface area (TPSA) is 104 Å². The standard InChI is InChI=1S/C17H22N2O5S/c1-25(23,24)13-5-3-12(4-6-13)15(21)19-10-7-14(20)17(11-19)8-2-9-18-16(17)22/h3-6,14,20H,2,7-11H2,1H3,(H,18,22)/t14-,17+/m0/s1. The minimum Gasteiger partial charge on any atom is -0.392 e. The third-order valence-electron chi connectivity index (χ3n) is 5.14. The van der Waals surface area contributed by atoms with Gasteiger partial charge in [-0.15, -0.1) is 0 Å². The fraction of sp³-hybridized carbons (Fsp3) is 0.529. The minimum absolute atomic E-state index is 0.154. The van der Waals surface area contributed by atoms with Crippen molar-refractivity contribution in [3.8, 4) is 0 Å². The first-order chi connectivity index (χ1) is 11.7. The molecule has 0 aliphatic carbocycles. The summed E-state index contributed by atoms with van der Waals surface area (Å²) in [5, 5.41) is 13.2. The van der Waals surface area contributed by atoms with Gasteiger partial charge in [0.15, 0.2) is 9.84 Å². The molecule has 8 heteroatoms. The van der Waals surface area contributed by atoms with E-state index in [9.17, 15) is 23.1 Å². The van der Waals surface area contributed by atoms with Crippen LogP contribution in [0.3, 0.4) is 0 Å². The van der Waals surface area contributed by atoms with Gasteiger partial charge in [0.25, 0.3) is 5.91 Å². The summed E-state index contributed by atoms with van der Waals surface area (Å²) in [5.41, 5.74) is -0.575. The fourth-order valence-corrected chi connectivity index (χ4v) is 4.27. The van der Waals surface area contributed by atoms with E-state index in [1.54, 1.807) is 4.90 Å². The van der Waals surface area contributed by atoms with Crippen LogP contribution in [0.15, 0.2) is 29.2 Å². The predicted octanol–water partition coefficient (Wildman–Crippen LogP) is 0.193. The van der Waals surface area contributed by atoms with Crippen LogP contribution in [0.5, 0.6) is 0 Å². The summed E-state index contributed by atoms with van der Waals surface area (Å²) in [6.45, 7) is 1.13. The van der Waals surface area contributed by atoms with E-state index >= 15 is 0 Å². The molecule has 2 saturated heterocycles. The van der Waals surface area contributed by atoms with Gasteiger partial charge in [-0.25, -0.2) is 8.42 Å². The van der Waals surface area contributed by atoms with Crippen LogP contribution < -0.4 is 5.32 Å². The molecule has 1 aromatic carbocycles. The van der Waals surface area contributed by atoms with Gasteiger partial charge in [0.1, 0.15) is 0 Å². The zero-order valence-corrected chi connectivity index (χ0v) is 14.9. The van der Waals surface area contributed by atoms with Crippen LogP contribution in [0.2, 0.25) is 0 Å². The van der Waals surface area contributed by atoms with E-state index in [1.807, 2.05) is 0 Å². The second-order valence-electron chi connectivity index (χ2n) is 6.84. The number of hydrogen-bond donors (Lipinski definition) is 2. The molecular weight excluding hydrogens is 344 g/mol. The van der Waals surface area contributed by atoms with Crippen molar-refractivity contribution in [2.45, 2.75) is 30.3 Å². The van der Waals surface area contributed by atoms with Crippen molar-refractivity contribution in [2.75, 3.05) is 25.9 Å². The van der Waals surface area contributed by atoms with Crippen molar-refractivity contribution in [3.05, 3.63) is 29.8 Å². The maximum Gasteiger partial charge on any atom is 0.253 e. The summed E-state index contributed by atoms with van der Waals surface area (Å²) >= 11 is 0. The van der Waals surface area contributed by atoms with Gasteiger partial charge in [-0.05, 0) is 43.5 Å². The highest BCUT2D eigenvalue weighted by atomic mass is 32.2. The number of benzene rings is 1. The van der Waals surface area contributed by atoms with Crippen LogP contribution in [0.4, 0.5) is 0 Å². The number of aliphatic hydroxyl groups is 1. The van der Waals surface area contributed by atoms with Gasteiger partial charge in [-0.2, -0.15) is 0 Å².